The van der Waals surface area contributed by atoms with Crippen molar-refractivity contribution >= 4 is 25.6 Å². The summed E-state index contributed by atoms with van der Waals surface area (Å²) in [7, 11) is 2.72. The number of aromatic nitrogens is 2. The van der Waals surface area contributed by atoms with Crippen molar-refractivity contribution in [2.24, 2.45) is 0 Å². The van der Waals surface area contributed by atoms with E-state index in [1.807, 2.05) is 12.3 Å². The first kappa shape index (κ1) is 18.1. The molecule has 0 spiro atoms. The lowest BCUT2D eigenvalue weighted by Crippen LogP contribution is -2.36. The van der Waals surface area contributed by atoms with Crippen LogP contribution in [0.5, 0.6) is 0 Å². The Morgan fingerprint density at radius 2 is 2.07 bits per heavy atom. The molecule has 2 aromatic rings. The highest BCUT2D eigenvalue weighted by Gasteiger charge is 2.23. The molecular formula is C19H24FN6P. The molecule has 142 valence electrons. The first-order chi connectivity index (χ1) is 13.2. The van der Waals surface area contributed by atoms with Gasteiger partial charge in [0.05, 0.1) is 29.0 Å². The van der Waals surface area contributed by atoms with Gasteiger partial charge in [-0.05, 0) is 36.0 Å². The number of benzene rings is 1. The standard InChI is InChI=1S/C19H24FN6P/c20-14-11-22-12-16(19(14)26-6-1-2-21-5-7-26)25-10-13-8-15-18(17(27)9-13)24-4-3-23-15/h3-4,8-9,12,21-22,25H,1-2,5-7,10-11,27H2. The van der Waals surface area contributed by atoms with Gasteiger partial charge >= 0.3 is 0 Å². The second-order valence-electron chi connectivity index (χ2n) is 6.75. The Labute approximate surface area is 160 Å². The molecule has 3 N–H and O–H groups in total. The van der Waals surface area contributed by atoms with Crippen LogP contribution in [0.15, 0.2) is 47.9 Å². The van der Waals surface area contributed by atoms with Gasteiger partial charge in [0, 0.05) is 44.8 Å². The monoisotopic (exact) mass is 386 g/mol. The van der Waals surface area contributed by atoms with E-state index in [0.717, 1.165) is 60.2 Å². The average molecular weight is 386 g/mol. The minimum absolute atomic E-state index is 0.113. The third-order valence-electron chi connectivity index (χ3n) is 4.82. The summed E-state index contributed by atoms with van der Waals surface area (Å²) in [6.45, 7) is 4.34. The maximum absolute atomic E-state index is 14.7. The molecule has 2 aliphatic rings. The summed E-state index contributed by atoms with van der Waals surface area (Å²) in [6.07, 6.45) is 6.28. The Balaban J connectivity index is 1.53. The lowest BCUT2D eigenvalue weighted by Gasteiger charge is -2.30. The van der Waals surface area contributed by atoms with Crippen LogP contribution in [-0.4, -0.2) is 47.6 Å². The predicted molar refractivity (Wildman–Crippen MR) is 109 cm³/mol. The third-order valence-corrected chi connectivity index (χ3v) is 5.26. The van der Waals surface area contributed by atoms with E-state index in [4.69, 9.17) is 0 Å². The summed E-state index contributed by atoms with van der Waals surface area (Å²) >= 11 is 0. The number of nitrogens with zero attached hydrogens (tertiary/aromatic N) is 3. The molecule has 0 amide bonds. The second kappa shape index (κ2) is 8.19. The average Bonchev–Trinajstić information content (AvgIpc) is 2.96. The van der Waals surface area contributed by atoms with Crippen LogP contribution in [0.25, 0.3) is 11.0 Å². The molecule has 6 nitrogen and oxygen atoms in total. The van der Waals surface area contributed by atoms with Gasteiger partial charge in [-0.3, -0.25) is 9.97 Å². The van der Waals surface area contributed by atoms with Gasteiger partial charge in [0.2, 0.25) is 0 Å². The molecule has 8 heteroatoms. The van der Waals surface area contributed by atoms with Gasteiger partial charge in [-0.2, -0.15) is 0 Å². The number of halogens is 1. The van der Waals surface area contributed by atoms with Gasteiger partial charge in [-0.15, -0.1) is 9.24 Å². The highest BCUT2D eigenvalue weighted by Crippen LogP contribution is 2.23. The van der Waals surface area contributed by atoms with E-state index in [-0.39, 0.29) is 12.4 Å². The van der Waals surface area contributed by atoms with Crippen molar-refractivity contribution in [1.82, 2.24) is 30.8 Å². The molecule has 0 saturated carbocycles. The second-order valence-corrected chi connectivity index (χ2v) is 7.37. The van der Waals surface area contributed by atoms with E-state index in [9.17, 15) is 4.39 Å². The molecule has 27 heavy (non-hydrogen) atoms. The van der Waals surface area contributed by atoms with Crippen LogP contribution in [0.2, 0.25) is 0 Å². The van der Waals surface area contributed by atoms with E-state index in [2.05, 4.69) is 46.1 Å². The molecule has 0 bridgehead atoms. The number of hydrogen-bond acceptors (Lipinski definition) is 6. The Hall–Kier alpha value is -2.24. The minimum Gasteiger partial charge on any atom is -0.383 e. The summed E-state index contributed by atoms with van der Waals surface area (Å²) in [5.41, 5.74) is 4.30. The summed E-state index contributed by atoms with van der Waals surface area (Å²) in [6, 6.07) is 4.09. The fourth-order valence-corrected chi connectivity index (χ4v) is 3.98. The molecule has 1 atom stereocenters. The van der Waals surface area contributed by atoms with Gasteiger partial charge in [0.15, 0.2) is 0 Å². The Bertz CT molecular complexity index is 889. The molecule has 1 aromatic carbocycles. The van der Waals surface area contributed by atoms with Crippen LogP contribution >= 0.6 is 9.24 Å². The Morgan fingerprint density at radius 1 is 1.19 bits per heavy atom. The number of nitrogens with one attached hydrogen (secondary N) is 3. The van der Waals surface area contributed by atoms with E-state index in [1.165, 1.54) is 0 Å². The normalized spacial score (nSPS) is 18.1. The van der Waals surface area contributed by atoms with Crippen LogP contribution in [-0.2, 0) is 6.54 Å². The predicted octanol–water partition coefficient (Wildman–Crippen LogP) is 1.14. The van der Waals surface area contributed by atoms with Gasteiger partial charge in [-0.1, -0.05) is 0 Å². The van der Waals surface area contributed by atoms with Crippen molar-refractivity contribution in [3.05, 3.63) is 53.5 Å². The van der Waals surface area contributed by atoms with E-state index in [1.54, 1.807) is 12.4 Å². The van der Waals surface area contributed by atoms with Crippen molar-refractivity contribution in [3.63, 3.8) is 0 Å². The number of rotatable bonds is 4. The maximum atomic E-state index is 14.7. The van der Waals surface area contributed by atoms with Crippen LogP contribution < -0.4 is 21.3 Å². The van der Waals surface area contributed by atoms with Gasteiger partial charge in [-0.25, -0.2) is 4.39 Å². The molecule has 4 rings (SSSR count). The molecule has 1 fully saturated rings. The van der Waals surface area contributed by atoms with Crippen LogP contribution in [0, 0.1) is 0 Å². The first-order valence-electron chi connectivity index (χ1n) is 9.23. The van der Waals surface area contributed by atoms with Crippen molar-refractivity contribution in [3.8, 4) is 0 Å². The third kappa shape index (κ3) is 4.04. The first-order valence-corrected chi connectivity index (χ1v) is 9.81. The summed E-state index contributed by atoms with van der Waals surface area (Å²) in [5.74, 6) is -0.113. The topological polar surface area (TPSA) is 65.1 Å². The highest BCUT2D eigenvalue weighted by molar-refractivity contribution is 7.28. The van der Waals surface area contributed by atoms with Crippen LogP contribution in [0.4, 0.5) is 4.39 Å². The number of dihydropyridines is 1. The molecular weight excluding hydrogens is 362 g/mol. The SMILES string of the molecule is FC1=C(N2CCCNCC2)C(NCc2cc(P)c3nccnc3c2)=CNC1. The lowest BCUT2D eigenvalue weighted by atomic mass is 10.1. The number of fused-ring (bicyclic) bond motifs is 1. The fourth-order valence-electron chi connectivity index (χ4n) is 3.55. The minimum atomic E-state index is -0.113. The Morgan fingerprint density at radius 3 is 3.00 bits per heavy atom. The van der Waals surface area contributed by atoms with Gasteiger partial charge in [0.1, 0.15) is 5.83 Å². The lowest BCUT2D eigenvalue weighted by molar-refractivity contribution is 0.346. The smallest absolute Gasteiger partial charge is 0.144 e. The molecule has 1 saturated heterocycles. The largest absolute Gasteiger partial charge is 0.383 e. The van der Waals surface area contributed by atoms with Gasteiger partial charge < -0.3 is 20.9 Å². The molecule has 0 aliphatic carbocycles. The zero-order valence-electron chi connectivity index (χ0n) is 15.1. The van der Waals surface area contributed by atoms with Crippen molar-refractivity contribution < 1.29 is 4.39 Å². The zero-order valence-corrected chi connectivity index (χ0v) is 16.3. The van der Waals surface area contributed by atoms with Crippen molar-refractivity contribution in [2.75, 3.05) is 32.7 Å². The Kier molecular flexibility index (Phi) is 5.50. The number of hydrogen-bond donors (Lipinski definition) is 3. The maximum Gasteiger partial charge on any atom is 0.144 e. The van der Waals surface area contributed by atoms with Gasteiger partial charge in [0.25, 0.3) is 0 Å². The summed E-state index contributed by atoms with van der Waals surface area (Å²) < 4.78 is 14.7. The van der Waals surface area contributed by atoms with E-state index < -0.39 is 0 Å². The molecule has 0 radical (unpaired) electrons. The zero-order chi connectivity index (χ0) is 18.6. The molecule has 2 aliphatic heterocycles. The quantitative estimate of drug-likeness (QED) is 0.685. The molecule has 1 aromatic heterocycles. The van der Waals surface area contributed by atoms with E-state index in [0.29, 0.717) is 12.2 Å². The van der Waals surface area contributed by atoms with Crippen LogP contribution in [0.1, 0.15) is 12.0 Å². The van der Waals surface area contributed by atoms with Crippen molar-refractivity contribution in [2.45, 2.75) is 13.0 Å². The molecule has 3 heterocycles. The summed E-state index contributed by atoms with van der Waals surface area (Å²) in [5, 5.41) is 10.8. The highest BCUT2D eigenvalue weighted by atomic mass is 31.0. The summed E-state index contributed by atoms with van der Waals surface area (Å²) in [4.78, 5) is 10.9. The fraction of sp³-hybridized carbons (Fsp3) is 0.368. The van der Waals surface area contributed by atoms with Crippen molar-refractivity contribution in [1.29, 1.82) is 0 Å². The molecule has 1 unspecified atom stereocenters. The van der Waals surface area contributed by atoms with E-state index >= 15 is 0 Å². The van der Waals surface area contributed by atoms with Crippen LogP contribution in [0.3, 0.4) is 0 Å².